The quantitative estimate of drug-likeness (QED) is 0.944. The summed E-state index contributed by atoms with van der Waals surface area (Å²) in [7, 11) is 0. The van der Waals surface area contributed by atoms with Crippen molar-refractivity contribution in [3.8, 4) is 0 Å². The third-order valence-corrected chi connectivity index (χ3v) is 5.19. The fraction of sp³-hybridized carbons (Fsp3) is 0.316. The third kappa shape index (κ3) is 1.82. The van der Waals surface area contributed by atoms with E-state index in [1.165, 1.54) is 5.56 Å². The minimum atomic E-state index is -0.409. The molecule has 112 valence electrons. The van der Waals surface area contributed by atoms with Gasteiger partial charge in [0, 0.05) is 12.2 Å². The number of fused-ring (bicyclic) bond motifs is 1. The highest BCUT2D eigenvalue weighted by atomic mass is 16.2. The normalized spacial score (nSPS) is 25.9. The van der Waals surface area contributed by atoms with Crippen LogP contribution in [0.2, 0.25) is 0 Å². The SMILES string of the molecule is NCC1CC1(C(=O)N1CCc2ccccc21)c1ccccc1. The molecule has 1 aliphatic heterocycles. The average Bonchev–Trinajstić information content (AvgIpc) is 3.18. The van der Waals surface area contributed by atoms with Gasteiger partial charge in [-0.05, 0) is 42.5 Å². The molecule has 1 amide bonds. The standard InChI is InChI=1S/C19H20N2O/c20-13-16-12-19(16,15-7-2-1-3-8-15)18(22)21-11-10-14-6-4-5-9-17(14)21/h1-9,16H,10-13,20H2. The summed E-state index contributed by atoms with van der Waals surface area (Å²) >= 11 is 0. The van der Waals surface area contributed by atoms with Crippen LogP contribution in [0.5, 0.6) is 0 Å². The van der Waals surface area contributed by atoms with Gasteiger partial charge < -0.3 is 10.6 Å². The summed E-state index contributed by atoms with van der Waals surface area (Å²) in [5, 5.41) is 0. The first-order valence-corrected chi connectivity index (χ1v) is 7.93. The molecule has 0 radical (unpaired) electrons. The molecule has 0 saturated heterocycles. The zero-order valence-electron chi connectivity index (χ0n) is 12.5. The molecule has 3 nitrogen and oxygen atoms in total. The van der Waals surface area contributed by atoms with Crippen LogP contribution in [0.1, 0.15) is 17.5 Å². The molecule has 3 heteroatoms. The number of nitrogens with two attached hydrogens (primary N) is 1. The van der Waals surface area contributed by atoms with Gasteiger partial charge in [-0.25, -0.2) is 0 Å². The number of anilines is 1. The number of hydrogen-bond acceptors (Lipinski definition) is 2. The molecule has 2 aromatic carbocycles. The minimum absolute atomic E-state index is 0.221. The van der Waals surface area contributed by atoms with Gasteiger partial charge in [-0.15, -0.1) is 0 Å². The Bertz CT molecular complexity index is 712. The zero-order valence-corrected chi connectivity index (χ0v) is 12.5. The van der Waals surface area contributed by atoms with Gasteiger partial charge in [0.1, 0.15) is 0 Å². The van der Waals surface area contributed by atoms with Gasteiger partial charge in [-0.1, -0.05) is 48.5 Å². The lowest BCUT2D eigenvalue weighted by Crippen LogP contribution is -2.40. The maximum Gasteiger partial charge on any atom is 0.238 e. The van der Waals surface area contributed by atoms with Crippen LogP contribution in [-0.4, -0.2) is 19.0 Å². The van der Waals surface area contributed by atoms with Crippen LogP contribution in [0, 0.1) is 5.92 Å². The van der Waals surface area contributed by atoms with E-state index in [1.54, 1.807) is 0 Å². The molecule has 0 spiro atoms. The van der Waals surface area contributed by atoms with Gasteiger partial charge in [0.25, 0.3) is 0 Å². The number of hydrogen-bond donors (Lipinski definition) is 1. The molecule has 0 aromatic heterocycles. The van der Waals surface area contributed by atoms with Crippen molar-refractivity contribution in [3.05, 3.63) is 65.7 Å². The van der Waals surface area contributed by atoms with E-state index in [0.717, 1.165) is 30.6 Å². The fourth-order valence-electron chi connectivity index (χ4n) is 3.88. The number of carbonyl (C=O) groups is 1. The number of carbonyl (C=O) groups excluding carboxylic acids is 1. The Morgan fingerprint density at radius 2 is 1.86 bits per heavy atom. The van der Waals surface area contributed by atoms with Crippen molar-refractivity contribution in [2.75, 3.05) is 18.0 Å². The lowest BCUT2D eigenvalue weighted by atomic mass is 9.91. The van der Waals surface area contributed by atoms with Gasteiger partial charge in [-0.2, -0.15) is 0 Å². The number of nitrogens with zero attached hydrogens (tertiary/aromatic N) is 1. The van der Waals surface area contributed by atoms with Crippen LogP contribution in [0.15, 0.2) is 54.6 Å². The molecule has 2 N–H and O–H groups in total. The van der Waals surface area contributed by atoms with E-state index in [0.29, 0.717) is 6.54 Å². The summed E-state index contributed by atoms with van der Waals surface area (Å²) in [5.41, 5.74) is 8.95. The predicted octanol–water partition coefficient (Wildman–Crippen LogP) is 2.49. The van der Waals surface area contributed by atoms with Crippen molar-refractivity contribution < 1.29 is 4.79 Å². The lowest BCUT2D eigenvalue weighted by molar-refractivity contribution is -0.121. The van der Waals surface area contributed by atoms with Gasteiger partial charge in [0.05, 0.1) is 5.41 Å². The highest BCUT2D eigenvalue weighted by Crippen LogP contribution is 2.55. The second-order valence-electron chi connectivity index (χ2n) is 6.31. The largest absolute Gasteiger partial charge is 0.330 e. The Labute approximate surface area is 130 Å². The summed E-state index contributed by atoms with van der Waals surface area (Å²) in [6.07, 6.45) is 1.81. The van der Waals surface area contributed by atoms with Crippen LogP contribution in [0.25, 0.3) is 0 Å². The monoisotopic (exact) mass is 292 g/mol. The minimum Gasteiger partial charge on any atom is -0.330 e. The molecule has 22 heavy (non-hydrogen) atoms. The van der Waals surface area contributed by atoms with Crippen LogP contribution in [-0.2, 0) is 16.6 Å². The molecule has 4 rings (SSSR count). The number of benzene rings is 2. The first-order chi connectivity index (χ1) is 10.8. The van der Waals surface area contributed by atoms with Crippen molar-refractivity contribution in [3.63, 3.8) is 0 Å². The van der Waals surface area contributed by atoms with E-state index in [2.05, 4.69) is 24.3 Å². The van der Waals surface area contributed by atoms with Gasteiger partial charge >= 0.3 is 0 Å². The Morgan fingerprint density at radius 3 is 2.59 bits per heavy atom. The molecule has 1 saturated carbocycles. The van der Waals surface area contributed by atoms with Crippen molar-refractivity contribution in [2.24, 2.45) is 11.7 Å². The molecular formula is C19H20N2O. The molecular weight excluding hydrogens is 272 g/mol. The first-order valence-electron chi connectivity index (χ1n) is 7.93. The molecule has 1 heterocycles. The molecule has 2 atom stereocenters. The van der Waals surface area contributed by atoms with Gasteiger partial charge in [-0.3, -0.25) is 4.79 Å². The highest BCUT2D eigenvalue weighted by Gasteiger charge is 2.61. The molecule has 2 aliphatic rings. The third-order valence-electron chi connectivity index (χ3n) is 5.19. The maximum absolute atomic E-state index is 13.3. The molecule has 1 fully saturated rings. The fourth-order valence-corrected chi connectivity index (χ4v) is 3.88. The predicted molar refractivity (Wildman–Crippen MR) is 87.8 cm³/mol. The van der Waals surface area contributed by atoms with E-state index in [4.69, 9.17) is 5.73 Å². The summed E-state index contributed by atoms with van der Waals surface area (Å²) in [6.45, 7) is 1.35. The van der Waals surface area contributed by atoms with Gasteiger partial charge in [0.15, 0.2) is 0 Å². The van der Waals surface area contributed by atoms with E-state index in [-0.39, 0.29) is 11.8 Å². The summed E-state index contributed by atoms with van der Waals surface area (Å²) in [6, 6.07) is 18.4. The smallest absolute Gasteiger partial charge is 0.238 e. The second-order valence-corrected chi connectivity index (χ2v) is 6.31. The van der Waals surface area contributed by atoms with Crippen molar-refractivity contribution in [2.45, 2.75) is 18.3 Å². The van der Waals surface area contributed by atoms with Crippen LogP contribution < -0.4 is 10.6 Å². The Balaban J connectivity index is 1.73. The van der Waals surface area contributed by atoms with Crippen LogP contribution in [0.4, 0.5) is 5.69 Å². The van der Waals surface area contributed by atoms with Crippen LogP contribution in [0.3, 0.4) is 0 Å². The van der Waals surface area contributed by atoms with E-state index >= 15 is 0 Å². The van der Waals surface area contributed by atoms with E-state index in [9.17, 15) is 4.79 Å². The number of rotatable bonds is 3. The van der Waals surface area contributed by atoms with Gasteiger partial charge in [0.2, 0.25) is 5.91 Å². The van der Waals surface area contributed by atoms with Crippen LogP contribution >= 0.6 is 0 Å². The Kier molecular flexibility index (Phi) is 3.05. The molecule has 0 bridgehead atoms. The van der Waals surface area contributed by atoms with E-state index in [1.807, 2.05) is 35.2 Å². The summed E-state index contributed by atoms with van der Waals surface area (Å²) in [4.78, 5) is 15.3. The molecule has 2 unspecified atom stereocenters. The first kappa shape index (κ1) is 13.5. The topological polar surface area (TPSA) is 46.3 Å². The van der Waals surface area contributed by atoms with Crippen molar-refractivity contribution in [1.29, 1.82) is 0 Å². The summed E-state index contributed by atoms with van der Waals surface area (Å²) < 4.78 is 0. The molecule has 1 aliphatic carbocycles. The Morgan fingerprint density at radius 1 is 1.14 bits per heavy atom. The maximum atomic E-state index is 13.3. The lowest BCUT2D eigenvalue weighted by Gasteiger charge is -2.25. The van der Waals surface area contributed by atoms with E-state index < -0.39 is 5.41 Å². The second kappa shape index (κ2) is 4.96. The zero-order chi connectivity index (χ0) is 15.2. The summed E-state index contributed by atoms with van der Waals surface area (Å²) in [5.74, 6) is 0.481. The Hall–Kier alpha value is -2.13. The van der Waals surface area contributed by atoms with Crippen molar-refractivity contribution in [1.82, 2.24) is 0 Å². The number of para-hydroxylation sites is 1. The highest BCUT2D eigenvalue weighted by molar-refractivity contribution is 6.05. The number of amides is 1. The average molecular weight is 292 g/mol. The van der Waals surface area contributed by atoms with Crippen molar-refractivity contribution >= 4 is 11.6 Å². The molecule has 2 aromatic rings.